The van der Waals surface area contributed by atoms with Gasteiger partial charge in [0.2, 0.25) is 0 Å². The van der Waals surface area contributed by atoms with E-state index >= 15 is 0 Å². The van der Waals surface area contributed by atoms with Crippen molar-refractivity contribution < 1.29 is 14.6 Å². The molecule has 1 aromatic rings. The number of aliphatic hydroxyl groups excluding tert-OH is 1. The predicted molar refractivity (Wildman–Crippen MR) is 64.3 cm³/mol. The van der Waals surface area contributed by atoms with E-state index in [0.29, 0.717) is 6.42 Å². The van der Waals surface area contributed by atoms with Crippen LogP contribution in [0.1, 0.15) is 18.1 Å². The first-order valence-electron chi connectivity index (χ1n) is 4.46. The lowest BCUT2D eigenvalue weighted by Crippen LogP contribution is -2.18. The summed E-state index contributed by atoms with van der Waals surface area (Å²) < 4.78 is 5.91. The van der Waals surface area contributed by atoms with Crippen LogP contribution < -0.4 is 5.73 Å². The van der Waals surface area contributed by atoms with E-state index < -0.39 is 12.2 Å². The molecule has 15 heavy (non-hydrogen) atoms. The lowest BCUT2D eigenvalue weighted by molar-refractivity contribution is 0.0873. The van der Waals surface area contributed by atoms with Gasteiger partial charge in [-0.1, -0.05) is 18.2 Å². The summed E-state index contributed by atoms with van der Waals surface area (Å²) in [7, 11) is 0. The molecule has 0 heterocycles. The summed E-state index contributed by atoms with van der Waals surface area (Å²) in [6.07, 6.45) is -0.947. The van der Waals surface area contributed by atoms with E-state index in [-0.39, 0.29) is 6.61 Å². The Labute approximate surface area is 102 Å². The third-order valence-corrected chi connectivity index (χ3v) is 2.88. The highest BCUT2D eigenvalue weighted by molar-refractivity contribution is 14.1. The fraction of sp³-hybridized carbons (Fsp3) is 0.300. The number of primary amides is 1. The van der Waals surface area contributed by atoms with Crippen molar-refractivity contribution in [3.8, 4) is 0 Å². The van der Waals surface area contributed by atoms with Gasteiger partial charge in [-0.3, -0.25) is 0 Å². The Morgan fingerprint density at radius 3 is 2.73 bits per heavy atom. The van der Waals surface area contributed by atoms with Gasteiger partial charge in [0.1, 0.15) is 6.10 Å². The number of ether oxygens (including phenoxy) is 1. The number of hydrogen-bond donors (Lipinski definition) is 2. The zero-order chi connectivity index (χ0) is 11.3. The topological polar surface area (TPSA) is 72.6 Å². The fourth-order valence-electron chi connectivity index (χ4n) is 1.27. The third-order valence-electron chi connectivity index (χ3n) is 1.90. The van der Waals surface area contributed by atoms with Crippen LogP contribution in [-0.2, 0) is 4.74 Å². The molecule has 0 radical (unpaired) electrons. The Hall–Kier alpha value is -0.820. The molecule has 0 fully saturated rings. The highest BCUT2D eigenvalue weighted by atomic mass is 127. The summed E-state index contributed by atoms with van der Waals surface area (Å²) in [5, 5.41) is 8.87. The van der Waals surface area contributed by atoms with Crippen LogP contribution in [-0.4, -0.2) is 17.8 Å². The molecule has 1 amide bonds. The Morgan fingerprint density at radius 1 is 1.53 bits per heavy atom. The minimum absolute atomic E-state index is 0.0527. The van der Waals surface area contributed by atoms with Crippen LogP contribution in [0.25, 0.3) is 0 Å². The maximum Gasteiger partial charge on any atom is 0.405 e. The first-order valence-corrected chi connectivity index (χ1v) is 5.54. The van der Waals surface area contributed by atoms with Crippen molar-refractivity contribution in [2.24, 2.45) is 5.73 Å². The van der Waals surface area contributed by atoms with E-state index in [0.717, 1.165) is 9.13 Å². The minimum Gasteiger partial charge on any atom is -0.441 e. The summed E-state index contributed by atoms with van der Waals surface area (Å²) in [5.74, 6) is 0. The van der Waals surface area contributed by atoms with Crippen LogP contribution in [0.5, 0.6) is 0 Å². The van der Waals surface area contributed by atoms with E-state index in [1.165, 1.54) is 0 Å². The summed E-state index contributed by atoms with van der Waals surface area (Å²) in [5.41, 5.74) is 5.83. The maximum atomic E-state index is 10.7. The predicted octanol–water partition coefficient (Wildman–Crippen LogP) is 1.81. The van der Waals surface area contributed by atoms with Crippen LogP contribution in [0.3, 0.4) is 0 Å². The summed E-state index contributed by atoms with van der Waals surface area (Å²) >= 11 is 2.15. The van der Waals surface area contributed by atoms with Crippen molar-refractivity contribution in [1.29, 1.82) is 0 Å². The maximum absolute atomic E-state index is 10.7. The highest BCUT2D eigenvalue weighted by Crippen LogP contribution is 2.25. The molecule has 0 saturated carbocycles. The summed E-state index contributed by atoms with van der Waals surface area (Å²) in [6.45, 7) is -0.0527. The number of carbonyl (C=O) groups excluding carboxylic acids is 1. The van der Waals surface area contributed by atoms with Gasteiger partial charge < -0.3 is 15.6 Å². The molecule has 0 spiro atoms. The second kappa shape index (κ2) is 5.92. The molecule has 4 nitrogen and oxygen atoms in total. The lowest BCUT2D eigenvalue weighted by atomic mass is 10.1. The van der Waals surface area contributed by atoms with Crippen molar-refractivity contribution in [2.45, 2.75) is 12.5 Å². The molecule has 82 valence electrons. The number of hydrogen-bond acceptors (Lipinski definition) is 3. The molecule has 0 saturated heterocycles. The smallest absolute Gasteiger partial charge is 0.405 e. The van der Waals surface area contributed by atoms with E-state index in [9.17, 15) is 4.79 Å². The molecule has 1 aromatic carbocycles. The number of halogens is 1. The van der Waals surface area contributed by atoms with Gasteiger partial charge in [-0.15, -0.1) is 0 Å². The second-order valence-corrected chi connectivity index (χ2v) is 4.12. The van der Waals surface area contributed by atoms with Crippen LogP contribution in [0, 0.1) is 3.57 Å². The standard InChI is InChI=1S/C10H12INO3/c11-8-4-2-1-3-7(8)9(5-6-13)15-10(12)14/h1-4,9,13H,5-6H2,(H2,12,14)/t9-/m1/s1. The number of benzene rings is 1. The van der Waals surface area contributed by atoms with Crippen molar-refractivity contribution >= 4 is 28.7 Å². The van der Waals surface area contributed by atoms with Gasteiger partial charge in [-0.05, 0) is 28.7 Å². The Kier molecular flexibility index (Phi) is 4.83. The van der Waals surface area contributed by atoms with Gasteiger partial charge in [0.05, 0.1) is 0 Å². The number of carbonyl (C=O) groups is 1. The van der Waals surface area contributed by atoms with Gasteiger partial charge in [0, 0.05) is 22.2 Å². The Bertz CT molecular complexity index is 343. The Balaban J connectivity index is 2.88. The molecule has 3 N–H and O–H groups in total. The third kappa shape index (κ3) is 3.67. The number of nitrogens with two attached hydrogens (primary N) is 1. The van der Waals surface area contributed by atoms with Gasteiger partial charge in [-0.2, -0.15) is 0 Å². The van der Waals surface area contributed by atoms with E-state index in [2.05, 4.69) is 22.6 Å². The minimum atomic E-state index is -0.826. The van der Waals surface area contributed by atoms with Crippen LogP contribution in [0.15, 0.2) is 24.3 Å². The van der Waals surface area contributed by atoms with Crippen LogP contribution in [0.4, 0.5) is 4.79 Å². The van der Waals surface area contributed by atoms with Gasteiger partial charge in [-0.25, -0.2) is 4.79 Å². The van der Waals surface area contributed by atoms with E-state index in [1.807, 2.05) is 24.3 Å². The molecule has 0 unspecified atom stereocenters. The zero-order valence-electron chi connectivity index (χ0n) is 8.02. The molecule has 0 aliphatic carbocycles. The van der Waals surface area contributed by atoms with Gasteiger partial charge in [0.25, 0.3) is 0 Å². The molecule has 0 aromatic heterocycles. The molecule has 0 aliphatic rings. The molecule has 1 rings (SSSR count). The quantitative estimate of drug-likeness (QED) is 0.831. The van der Waals surface area contributed by atoms with Crippen molar-refractivity contribution in [1.82, 2.24) is 0 Å². The number of amides is 1. The summed E-state index contributed by atoms with van der Waals surface area (Å²) in [4.78, 5) is 10.7. The number of rotatable bonds is 4. The normalized spacial score (nSPS) is 12.1. The summed E-state index contributed by atoms with van der Waals surface area (Å²) in [6, 6.07) is 7.51. The SMILES string of the molecule is NC(=O)O[C@H](CCO)c1ccccc1I. The fourth-order valence-corrected chi connectivity index (χ4v) is 2.01. The van der Waals surface area contributed by atoms with Crippen molar-refractivity contribution in [3.63, 3.8) is 0 Å². The van der Waals surface area contributed by atoms with Crippen molar-refractivity contribution in [3.05, 3.63) is 33.4 Å². The monoisotopic (exact) mass is 321 g/mol. The molecule has 5 heteroatoms. The van der Waals surface area contributed by atoms with Crippen LogP contribution >= 0.6 is 22.6 Å². The van der Waals surface area contributed by atoms with E-state index in [1.54, 1.807) is 0 Å². The molecule has 1 atom stereocenters. The first kappa shape index (κ1) is 12.3. The van der Waals surface area contributed by atoms with Gasteiger partial charge >= 0.3 is 6.09 Å². The highest BCUT2D eigenvalue weighted by Gasteiger charge is 2.16. The number of aliphatic hydroxyl groups is 1. The lowest BCUT2D eigenvalue weighted by Gasteiger charge is -2.17. The zero-order valence-corrected chi connectivity index (χ0v) is 10.2. The molecular weight excluding hydrogens is 309 g/mol. The largest absolute Gasteiger partial charge is 0.441 e. The van der Waals surface area contributed by atoms with Gasteiger partial charge in [0.15, 0.2) is 0 Å². The first-order chi connectivity index (χ1) is 7.15. The molecule has 0 aliphatic heterocycles. The average molecular weight is 321 g/mol. The Morgan fingerprint density at radius 2 is 2.20 bits per heavy atom. The van der Waals surface area contributed by atoms with Crippen molar-refractivity contribution in [2.75, 3.05) is 6.61 Å². The molecular formula is C10H12INO3. The molecule has 0 bridgehead atoms. The van der Waals surface area contributed by atoms with Crippen LogP contribution in [0.2, 0.25) is 0 Å². The average Bonchev–Trinajstić information content (AvgIpc) is 2.17. The second-order valence-electron chi connectivity index (χ2n) is 2.96. The van der Waals surface area contributed by atoms with E-state index in [4.69, 9.17) is 15.6 Å².